The lowest BCUT2D eigenvalue weighted by atomic mass is 9.89. The molecule has 6 heteroatoms. The molecule has 0 spiro atoms. The fourth-order valence-electron chi connectivity index (χ4n) is 4.35. The molecule has 31 heavy (non-hydrogen) atoms. The van der Waals surface area contributed by atoms with E-state index in [0.29, 0.717) is 18.9 Å². The van der Waals surface area contributed by atoms with Gasteiger partial charge in [0, 0.05) is 12.2 Å². The van der Waals surface area contributed by atoms with Crippen molar-refractivity contribution in [2.24, 2.45) is 5.92 Å². The van der Waals surface area contributed by atoms with Crippen molar-refractivity contribution in [2.75, 3.05) is 0 Å². The highest BCUT2D eigenvalue weighted by atomic mass is 16.4. The SMILES string of the molecule is Cc1cc(C(=O)NC(CCc2ccccc2)C(=O)O)c(=O)n(CC2CCCCC2)c1C. The summed E-state index contributed by atoms with van der Waals surface area (Å²) in [6.07, 6.45) is 6.58. The number of carboxylic acid groups (broad SMARTS) is 1. The standard InChI is InChI=1S/C25H32N2O4/c1-17-15-21(24(29)27(18(17)2)16-20-11-7-4-8-12-20)23(28)26-22(25(30)31)14-13-19-9-5-3-6-10-19/h3,5-6,9-10,15,20,22H,4,7-8,11-14,16H2,1-2H3,(H,26,28)(H,30,31). The maximum absolute atomic E-state index is 13.1. The second-order valence-corrected chi connectivity index (χ2v) is 8.63. The zero-order chi connectivity index (χ0) is 22.4. The van der Waals surface area contributed by atoms with Gasteiger partial charge in [0.25, 0.3) is 11.5 Å². The number of nitrogens with one attached hydrogen (secondary N) is 1. The molecule has 1 aromatic carbocycles. The molecule has 1 amide bonds. The normalized spacial score (nSPS) is 15.4. The van der Waals surface area contributed by atoms with Crippen LogP contribution in [0.15, 0.2) is 41.2 Å². The lowest BCUT2D eigenvalue weighted by molar-refractivity contribution is -0.139. The van der Waals surface area contributed by atoms with Crippen LogP contribution in [-0.4, -0.2) is 27.6 Å². The third-order valence-corrected chi connectivity index (χ3v) is 6.39. The number of pyridine rings is 1. The van der Waals surface area contributed by atoms with Crippen molar-refractivity contribution < 1.29 is 14.7 Å². The maximum Gasteiger partial charge on any atom is 0.326 e. The minimum atomic E-state index is -1.10. The number of aryl methyl sites for hydroxylation is 2. The molecule has 0 bridgehead atoms. The van der Waals surface area contributed by atoms with Gasteiger partial charge in [0.05, 0.1) is 0 Å². The number of amides is 1. The van der Waals surface area contributed by atoms with Gasteiger partial charge in [-0.25, -0.2) is 4.79 Å². The zero-order valence-corrected chi connectivity index (χ0v) is 18.4. The van der Waals surface area contributed by atoms with E-state index in [0.717, 1.165) is 29.7 Å². The quantitative estimate of drug-likeness (QED) is 0.673. The lowest BCUT2D eigenvalue weighted by Crippen LogP contribution is -2.44. The molecule has 6 nitrogen and oxygen atoms in total. The average Bonchev–Trinajstić information content (AvgIpc) is 2.77. The molecular formula is C25H32N2O4. The van der Waals surface area contributed by atoms with Gasteiger partial charge in [-0.3, -0.25) is 9.59 Å². The van der Waals surface area contributed by atoms with Gasteiger partial charge in [-0.2, -0.15) is 0 Å². The second-order valence-electron chi connectivity index (χ2n) is 8.63. The van der Waals surface area contributed by atoms with Crippen LogP contribution in [0.2, 0.25) is 0 Å². The molecule has 1 aliphatic carbocycles. The number of benzene rings is 1. The van der Waals surface area contributed by atoms with Gasteiger partial charge in [-0.05, 0) is 62.6 Å². The Labute approximate surface area is 183 Å². The van der Waals surface area contributed by atoms with Gasteiger partial charge in [-0.1, -0.05) is 49.6 Å². The van der Waals surface area contributed by atoms with Gasteiger partial charge in [0.15, 0.2) is 0 Å². The molecule has 0 radical (unpaired) electrons. The van der Waals surface area contributed by atoms with Crippen molar-refractivity contribution in [3.05, 3.63) is 69.1 Å². The smallest absolute Gasteiger partial charge is 0.326 e. The zero-order valence-electron chi connectivity index (χ0n) is 18.4. The Kier molecular flexibility index (Phi) is 7.66. The highest BCUT2D eigenvalue weighted by molar-refractivity contribution is 5.96. The Hall–Kier alpha value is -2.89. The van der Waals surface area contributed by atoms with E-state index in [4.69, 9.17) is 0 Å². The fourth-order valence-corrected chi connectivity index (χ4v) is 4.35. The van der Waals surface area contributed by atoms with Gasteiger partial charge in [0.1, 0.15) is 11.6 Å². The van der Waals surface area contributed by atoms with E-state index in [1.807, 2.05) is 44.2 Å². The van der Waals surface area contributed by atoms with E-state index in [-0.39, 0.29) is 17.5 Å². The highest BCUT2D eigenvalue weighted by Crippen LogP contribution is 2.25. The minimum Gasteiger partial charge on any atom is -0.480 e. The first-order valence-corrected chi connectivity index (χ1v) is 11.2. The van der Waals surface area contributed by atoms with Gasteiger partial charge in [-0.15, -0.1) is 0 Å². The number of carboxylic acids is 1. The first-order chi connectivity index (χ1) is 14.9. The summed E-state index contributed by atoms with van der Waals surface area (Å²) in [5.74, 6) is -1.28. The lowest BCUT2D eigenvalue weighted by Gasteiger charge is -2.24. The average molecular weight is 425 g/mol. The molecule has 166 valence electrons. The van der Waals surface area contributed by atoms with Crippen LogP contribution in [0.3, 0.4) is 0 Å². The third kappa shape index (κ3) is 5.84. The summed E-state index contributed by atoms with van der Waals surface area (Å²) in [5.41, 5.74) is 2.41. The molecule has 1 aliphatic rings. The van der Waals surface area contributed by atoms with E-state index in [9.17, 15) is 19.5 Å². The molecule has 2 aromatic rings. The summed E-state index contributed by atoms with van der Waals surface area (Å²) in [4.78, 5) is 37.8. The highest BCUT2D eigenvalue weighted by Gasteiger charge is 2.24. The molecule has 1 saturated carbocycles. The molecule has 1 unspecified atom stereocenters. The molecule has 3 rings (SSSR count). The van der Waals surface area contributed by atoms with Crippen molar-refractivity contribution in [1.29, 1.82) is 0 Å². The number of aromatic nitrogens is 1. The number of carbonyl (C=O) groups is 2. The molecule has 1 atom stereocenters. The molecule has 0 saturated heterocycles. The van der Waals surface area contributed by atoms with Crippen LogP contribution < -0.4 is 10.9 Å². The number of rotatable bonds is 8. The maximum atomic E-state index is 13.1. The summed E-state index contributed by atoms with van der Waals surface area (Å²) in [6.45, 7) is 4.40. The first-order valence-electron chi connectivity index (χ1n) is 11.2. The van der Waals surface area contributed by atoms with Gasteiger partial charge < -0.3 is 15.0 Å². The fraction of sp³-hybridized carbons (Fsp3) is 0.480. The van der Waals surface area contributed by atoms with Gasteiger partial charge >= 0.3 is 5.97 Å². The van der Waals surface area contributed by atoms with Crippen molar-refractivity contribution >= 4 is 11.9 Å². The second kappa shape index (κ2) is 10.4. The first kappa shape index (κ1) is 22.8. The van der Waals surface area contributed by atoms with E-state index in [1.54, 1.807) is 10.6 Å². The minimum absolute atomic E-state index is 0.0184. The molecule has 1 fully saturated rings. The summed E-state index contributed by atoms with van der Waals surface area (Å²) in [7, 11) is 0. The Morgan fingerprint density at radius 3 is 2.45 bits per heavy atom. The van der Waals surface area contributed by atoms with Crippen molar-refractivity contribution in [2.45, 2.75) is 71.4 Å². The van der Waals surface area contributed by atoms with E-state index >= 15 is 0 Å². The monoisotopic (exact) mass is 424 g/mol. The number of hydrogen-bond donors (Lipinski definition) is 2. The number of nitrogens with zero attached hydrogens (tertiary/aromatic N) is 1. The van der Waals surface area contributed by atoms with E-state index in [1.165, 1.54) is 19.3 Å². The molecule has 1 aromatic heterocycles. The number of carbonyl (C=O) groups excluding carboxylic acids is 1. The summed E-state index contributed by atoms with van der Waals surface area (Å²) in [6, 6.07) is 10.1. The van der Waals surface area contributed by atoms with Crippen LogP contribution >= 0.6 is 0 Å². The molecular weight excluding hydrogens is 392 g/mol. The van der Waals surface area contributed by atoms with Crippen LogP contribution in [0, 0.1) is 19.8 Å². The summed E-state index contributed by atoms with van der Waals surface area (Å²) in [5, 5.41) is 12.2. The van der Waals surface area contributed by atoms with Crippen molar-refractivity contribution in [3.8, 4) is 0 Å². The molecule has 2 N–H and O–H groups in total. The Morgan fingerprint density at radius 1 is 1.13 bits per heavy atom. The number of aliphatic carboxylic acids is 1. The van der Waals surface area contributed by atoms with Crippen LogP contribution in [0.4, 0.5) is 0 Å². The molecule has 1 heterocycles. The summed E-state index contributed by atoms with van der Waals surface area (Å²) < 4.78 is 1.71. The largest absolute Gasteiger partial charge is 0.480 e. The molecule has 0 aliphatic heterocycles. The topological polar surface area (TPSA) is 88.4 Å². The van der Waals surface area contributed by atoms with Crippen molar-refractivity contribution in [1.82, 2.24) is 9.88 Å². The van der Waals surface area contributed by atoms with Crippen LogP contribution in [-0.2, 0) is 17.8 Å². The predicted molar refractivity (Wildman–Crippen MR) is 120 cm³/mol. The van der Waals surface area contributed by atoms with Crippen LogP contribution in [0.5, 0.6) is 0 Å². The van der Waals surface area contributed by atoms with E-state index < -0.39 is 17.9 Å². The van der Waals surface area contributed by atoms with Crippen molar-refractivity contribution in [3.63, 3.8) is 0 Å². The van der Waals surface area contributed by atoms with Crippen LogP contribution in [0.25, 0.3) is 0 Å². The summed E-state index contributed by atoms with van der Waals surface area (Å²) >= 11 is 0. The Bertz CT molecular complexity index is 975. The van der Waals surface area contributed by atoms with E-state index in [2.05, 4.69) is 5.32 Å². The predicted octanol–water partition coefficient (Wildman–Crippen LogP) is 3.86. The number of hydrogen-bond acceptors (Lipinski definition) is 3. The Balaban J connectivity index is 1.77. The van der Waals surface area contributed by atoms with Gasteiger partial charge in [0.2, 0.25) is 0 Å². The third-order valence-electron chi connectivity index (χ3n) is 6.39. The van der Waals surface area contributed by atoms with Crippen LogP contribution in [0.1, 0.15) is 65.7 Å². The Morgan fingerprint density at radius 2 is 1.81 bits per heavy atom.